The van der Waals surface area contributed by atoms with Gasteiger partial charge >= 0.3 is 0 Å². The third-order valence-corrected chi connectivity index (χ3v) is 4.80. The number of nitrogens with zero attached hydrogens (tertiary/aromatic N) is 4. The van der Waals surface area contributed by atoms with E-state index in [1.54, 1.807) is 24.4 Å². The lowest BCUT2D eigenvalue weighted by Gasteiger charge is -2.28. The first-order valence-electron chi connectivity index (χ1n) is 9.54. The quantitative estimate of drug-likeness (QED) is 0.821. The zero-order valence-corrected chi connectivity index (χ0v) is 16.7. The highest BCUT2D eigenvalue weighted by Gasteiger charge is 2.29. The van der Waals surface area contributed by atoms with E-state index >= 15 is 0 Å². The number of aromatic nitrogens is 2. The first-order valence-corrected chi connectivity index (χ1v) is 9.54. The number of nitrogen functional groups attached to an aromatic ring is 1. The van der Waals surface area contributed by atoms with Crippen molar-refractivity contribution >= 4 is 23.3 Å². The summed E-state index contributed by atoms with van der Waals surface area (Å²) >= 11 is 0. The fourth-order valence-electron chi connectivity index (χ4n) is 3.30. The average Bonchev–Trinajstić information content (AvgIpc) is 2.93. The maximum Gasteiger partial charge on any atom is 0.228 e. The highest BCUT2D eigenvalue weighted by molar-refractivity contribution is 6.10. The molecule has 0 radical (unpaired) electrons. The van der Waals surface area contributed by atoms with Crippen LogP contribution < -0.4 is 10.6 Å². The van der Waals surface area contributed by atoms with Gasteiger partial charge in [0.2, 0.25) is 11.7 Å². The number of hydrogen-bond acceptors (Lipinski definition) is 6. The van der Waals surface area contributed by atoms with Crippen molar-refractivity contribution in [2.24, 2.45) is 5.41 Å². The number of pyridine rings is 2. The average molecular weight is 381 g/mol. The van der Waals surface area contributed by atoms with Crippen LogP contribution in [0.3, 0.4) is 0 Å². The molecule has 2 N–H and O–H groups in total. The number of hydrogen-bond donors (Lipinski definition) is 1. The van der Waals surface area contributed by atoms with E-state index in [0.717, 1.165) is 25.3 Å². The molecule has 7 nitrogen and oxygen atoms in total. The van der Waals surface area contributed by atoms with Crippen molar-refractivity contribution in [2.45, 2.75) is 27.2 Å². The molecule has 3 rings (SSSR count). The summed E-state index contributed by atoms with van der Waals surface area (Å²) in [5.74, 6) is 0.856. The minimum atomic E-state index is -0.386. The Morgan fingerprint density at radius 3 is 2.54 bits per heavy atom. The molecular weight excluding hydrogens is 354 g/mol. The van der Waals surface area contributed by atoms with Crippen LogP contribution in [0.4, 0.5) is 11.6 Å². The number of ketones is 1. The van der Waals surface area contributed by atoms with E-state index in [2.05, 4.69) is 14.9 Å². The number of rotatable bonds is 3. The van der Waals surface area contributed by atoms with Gasteiger partial charge in [-0.2, -0.15) is 0 Å². The molecule has 0 aliphatic carbocycles. The molecule has 2 aromatic heterocycles. The Balaban J connectivity index is 1.76. The molecule has 0 bridgehead atoms. The van der Waals surface area contributed by atoms with Crippen LogP contribution in [-0.4, -0.2) is 52.7 Å². The van der Waals surface area contributed by atoms with Crippen LogP contribution in [0.5, 0.6) is 0 Å². The molecule has 148 valence electrons. The number of amides is 1. The zero-order valence-electron chi connectivity index (χ0n) is 16.7. The van der Waals surface area contributed by atoms with Gasteiger partial charge in [0.25, 0.3) is 0 Å². The van der Waals surface area contributed by atoms with E-state index in [1.807, 2.05) is 37.8 Å². The summed E-state index contributed by atoms with van der Waals surface area (Å²) in [6.45, 7) is 8.67. The second-order valence-electron chi connectivity index (χ2n) is 8.03. The normalized spacial score (nSPS) is 15.2. The number of carbonyl (C=O) groups excluding carboxylic acids is 2. The second kappa shape index (κ2) is 7.96. The molecule has 0 spiro atoms. The van der Waals surface area contributed by atoms with Crippen LogP contribution in [0.15, 0.2) is 36.5 Å². The van der Waals surface area contributed by atoms with Crippen LogP contribution in [0.25, 0.3) is 0 Å². The van der Waals surface area contributed by atoms with Crippen LogP contribution in [0, 0.1) is 5.41 Å². The van der Waals surface area contributed by atoms with Crippen molar-refractivity contribution in [1.82, 2.24) is 14.9 Å². The Bertz CT molecular complexity index is 875. The summed E-state index contributed by atoms with van der Waals surface area (Å²) in [4.78, 5) is 37.9. The van der Waals surface area contributed by atoms with Crippen molar-refractivity contribution in [3.63, 3.8) is 0 Å². The lowest BCUT2D eigenvalue weighted by Crippen LogP contribution is -2.41. The third kappa shape index (κ3) is 4.30. The lowest BCUT2D eigenvalue weighted by atomic mass is 9.94. The first-order chi connectivity index (χ1) is 13.3. The van der Waals surface area contributed by atoms with Crippen molar-refractivity contribution < 1.29 is 9.59 Å². The monoisotopic (exact) mass is 381 g/mol. The number of nitrogens with two attached hydrogens (primary N) is 1. The van der Waals surface area contributed by atoms with Gasteiger partial charge in [-0.1, -0.05) is 26.8 Å². The van der Waals surface area contributed by atoms with Gasteiger partial charge in [-0.05, 0) is 30.7 Å². The molecule has 0 unspecified atom stereocenters. The van der Waals surface area contributed by atoms with E-state index in [0.29, 0.717) is 24.3 Å². The highest BCUT2D eigenvalue weighted by atomic mass is 16.2. The molecule has 1 amide bonds. The molecule has 1 fully saturated rings. The van der Waals surface area contributed by atoms with E-state index < -0.39 is 0 Å². The second-order valence-corrected chi connectivity index (χ2v) is 8.03. The molecule has 3 heterocycles. The summed E-state index contributed by atoms with van der Waals surface area (Å²) in [6.07, 6.45) is 2.41. The fraction of sp³-hybridized carbons (Fsp3) is 0.429. The minimum absolute atomic E-state index is 0.165. The number of carbonyl (C=O) groups is 2. The Labute approximate surface area is 165 Å². The van der Waals surface area contributed by atoms with Gasteiger partial charge < -0.3 is 15.5 Å². The third-order valence-electron chi connectivity index (χ3n) is 4.80. The summed E-state index contributed by atoms with van der Waals surface area (Å²) < 4.78 is 0. The molecule has 0 atom stereocenters. The predicted molar refractivity (Wildman–Crippen MR) is 109 cm³/mol. The summed E-state index contributed by atoms with van der Waals surface area (Å²) in [7, 11) is 0. The Morgan fingerprint density at radius 1 is 1.04 bits per heavy atom. The van der Waals surface area contributed by atoms with E-state index in [4.69, 9.17) is 5.73 Å². The van der Waals surface area contributed by atoms with E-state index in [-0.39, 0.29) is 22.9 Å². The molecular formula is C21H27N5O2. The fourth-order valence-corrected chi connectivity index (χ4v) is 3.30. The van der Waals surface area contributed by atoms with Crippen LogP contribution >= 0.6 is 0 Å². The molecule has 1 aliphatic heterocycles. The van der Waals surface area contributed by atoms with Gasteiger partial charge in [-0.25, -0.2) is 9.97 Å². The van der Waals surface area contributed by atoms with Crippen LogP contribution in [0.1, 0.15) is 43.2 Å². The Morgan fingerprint density at radius 2 is 1.82 bits per heavy atom. The standard InChI is InChI=1S/C21H27N5O2/c1-21(2,3)20(28)26-12-6-11-25(13-14-26)17-9-4-8-16(24-17)18(27)15-7-5-10-23-19(15)22/h4-5,7-10H,6,11-14H2,1-3H3,(H2,22,23). The van der Waals surface area contributed by atoms with Gasteiger partial charge in [0.1, 0.15) is 17.3 Å². The van der Waals surface area contributed by atoms with Crippen LogP contribution in [0.2, 0.25) is 0 Å². The SMILES string of the molecule is CC(C)(C)C(=O)N1CCCN(c2cccc(C(=O)c3cccnc3N)n2)CC1. The molecule has 1 aliphatic rings. The van der Waals surface area contributed by atoms with Crippen molar-refractivity contribution in [3.05, 3.63) is 47.8 Å². The topological polar surface area (TPSA) is 92.4 Å². The minimum Gasteiger partial charge on any atom is -0.383 e. The number of anilines is 2. The molecule has 7 heteroatoms. The molecule has 0 saturated carbocycles. The predicted octanol–water partition coefficient (Wildman–Crippen LogP) is 2.37. The summed E-state index contributed by atoms with van der Waals surface area (Å²) in [5, 5.41) is 0. The summed E-state index contributed by atoms with van der Waals surface area (Å²) in [5.41, 5.74) is 6.13. The molecule has 1 saturated heterocycles. The molecule has 28 heavy (non-hydrogen) atoms. The van der Waals surface area contributed by atoms with Gasteiger partial charge in [0.05, 0.1) is 5.56 Å². The smallest absolute Gasteiger partial charge is 0.228 e. The first kappa shape index (κ1) is 19.8. The van der Waals surface area contributed by atoms with E-state index in [9.17, 15) is 9.59 Å². The van der Waals surface area contributed by atoms with Gasteiger partial charge in [0, 0.05) is 37.8 Å². The van der Waals surface area contributed by atoms with Gasteiger partial charge in [0.15, 0.2) is 0 Å². The maximum atomic E-state index is 12.8. The maximum absolute atomic E-state index is 12.8. The largest absolute Gasteiger partial charge is 0.383 e. The zero-order chi connectivity index (χ0) is 20.3. The molecule has 0 aromatic carbocycles. The van der Waals surface area contributed by atoms with Crippen molar-refractivity contribution in [2.75, 3.05) is 36.8 Å². The Hall–Kier alpha value is -2.96. The lowest BCUT2D eigenvalue weighted by molar-refractivity contribution is -0.139. The van der Waals surface area contributed by atoms with Gasteiger partial charge in [-0.15, -0.1) is 0 Å². The van der Waals surface area contributed by atoms with Gasteiger partial charge in [-0.3, -0.25) is 9.59 Å². The van der Waals surface area contributed by atoms with Crippen LogP contribution in [-0.2, 0) is 4.79 Å². The Kier molecular flexibility index (Phi) is 5.63. The van der Waals surface area contributed by atoms with E-state index in [1.165, 1.54) is 0 Å². The van der Waals surface area contributed by atoms with Crippen molar-refractivity contribution in [3.8, 4) is 0 Å². The highest BCUT2D eigenvalue weighted by Crippen LogP contribution is 2.21. The van der Waals surface area contributed by atoms with Crippen molar-refractivity contribution in [1.29, 1.82) is 0 Å². The summed E-state index contributed by atoms with van der Waals surface area (Å²) in [6, 6.07) is 8.74. The molecule has 2 aromatic rings.